The number of aryl methyl sites for hydroxylation is 3. The van der Waals surface area contributed by atoms with Crippen molar-refractivity contribution in [3.05, 3.63) is 118 Å². The highest BCUT2D eigenvalue weighted by Crippen LogP contribution is 2.66. The molecule has 1 saturated heterocycles. The summed E-state index contributed by atoms with van der Waals surface area (Å²) in [7, 11) is -14.5. The van der Waals surface area contributed by atoms with Crippen molar-refractivity contribution in [3.8, 4) is 11.5 Å². The summed E-state index contributed by atoms with van der Waals surface area (Å²) >= 11 is 0. The quantitative estimate of drug-likeness (QED) is 0.0241. The third-order valence-corrected chi connectivity index (χ3v) is 20.9. The molecule has 3 aromatic carbocycles. The van der Waals surface area contributed by atoms with Gasteiger partial charge in [-0.25, -0.2) is 23.1 Å². The number of anilines is 1. The van der Waals surface area contributed by atoms with Gasteiger partial charge >= 0.3 is 29.2 Å². The largest absolute Gasteiger partial charge is 0.545 e. The second-order valence-electron chi connectivity index (χ2n) is 20.1. The average molecular weight is 1150 g/mol. The van der Waals surface area contributed by atoms with E-state index in [0.29, 0.717) is 5.56 Å². The maximum atomic E-state index is 13.9. The number of rotatable bonds is 18. The third-order valence-electron chi connectivity index (χ3n) is 14.2. The van der Waals surface area contributed by atoms with Crippen LogP contribution >= 0.6 is 45.1 Å². The molecule has 28 heteroatoms. The molecule has 408 valence electrons. The van der Waals surface area contributed by atoms with E-state index < -0.39 is 76.4 Å². The van der Waals surface area contributed by atoms with E-state index in [1.807, 2.05) is 13.8 Å². The minimum absolute atomic E-state index is 0.0637. The van der Waals surface area contributed by atoms with E-state index in [0.717, 1.165) is 121 Å². The molecule has 6 aliphatic rings. The Morgan fingerprint density at radius 3 is 2.39 bits per heavy atom. The van der Waals surface area contributed by atoms with Crippen molar-refractivity contribution in [1.82, 2.24) is 19.4 Å². The molecule has 4 aromatic rings. The van der Waals surface area contributed by atoms with E-state index in [-0.39, 0.29) is 35.6 Å². The number of carboxylic acids is 1. The molecule has 0 spiro atoms. The minimum Gasteiger partial charge on any atom is -0.545 e. The molecule has 1 fully saturated rings. The fourth-order valence-electron chi connectivity index (χ4n) is 11.1. The van der Waals surface area contributed by atoms with Gasteiger partial charge < -0.3 is 53.9 Å². The predicted molar refractivity (Wildman–Crippen MR) is 277 cm³/mol. The molecule has 1 amide bonds. The van der Waals surface area contributed by atoms with Gasteiger partial charge in [0.2, 0.25) is 5.36 Å². The smallest absolute Gasteiger partial charge is 0.490 e. The Bertz CT molecular complexity index is 3470. The number of nitrogens with one attached hydrogen (secondary N) is 2. The predicted octanol–water partition coefficient (Wildman–Crippen LogP) is 3.21. The summed E-state index contributed by atoms with van der Waals surface area (Å²) in [5, 5.41) is 18.3. The first-order valence-corrected chi connectivity index (χ1v) is 31.5. The highest BCUT2D eigenvalue weighted by Gasteiger charge is 2.44. The van der Waals surface area contributed by atoms with Crippen molar-refractivity contribution in [3.63, 3.8) is 0 Å². The molecule has 0 radical (unpaired) electrons. The van der Waals surface area contributed by atoms with E-state index in [1.54, 1.807) is 12.1 Å². The molecule has 5 atom stereocenters. The Labute approximate surface area is 442 Å². The first-order valence-electron chi connectivity index (χ1n) is 24.7. The van der Waals surface area contributed by atoms with Gasteiger partial charge in [-0.2, -0.15) is 8.62 Å². The molecule has 23 nitrogen and oxygen atoms in total. The Kier molecular flexibility index (Phi) is 15.4. The van der Waals surface area contributed by atoms with Crippen LogP contribution in [0.1, 0.15) is 112 Å². The normalized spacial score (nSPS) is 21.4. The summed E-state index contributed by atoms with van der Waals surface area (Å²) in [4.78, 5) is 94.1. The highest BCUT2D eigenvalue weighted by molar-refractivity contribution is 8.77. The number of fused-ring (bicyclic) bond motifs is 4. The lowest BCUT2D eigenvalue weighted by molar-refractivity contribution is -0.255. The summed E-state index contributed by atoms with van der Waals surface area (Å²) < 4.78 is 70.0. The fourth-order valence-corrected chi connectivity index (χ4v) is 16.3. The second kappa shape index (κ2) is 21.3. The number of H-pyrrole nitrogens is 1. The molecule has 7 heterocycles. The van der Waals surface area contributed by atoms with E-state index in [4.69, 9.17) is 28.5 Å². The number of benzene rings is 3. The third kappa shape index (κ3) is 11.5. The lowest BCUT2D eigenvalue weighted by Crippen LogP contribution is -2.45. The van der Waals surface area contributed by atoms with Crippen LogP contribution in [0.5, 0.6) is 11.5 Å². The molecule has 3 unspecified atom stereocenters. The number of phosphoric ester groups is 1. The van der Waals surface area contributed by atoms with Gasteiger partial charge in [0.25, 0.3) is 11.5 Å². The van der Waals surface area contributed by atoms with Gasteiger partial charge in [-0.05, 0) is 94.7 Å². The average Bonchev–Trinajstić information content (AvgIpc) is 3.84. The molecular weight excluding hydrogens is 1090 g/mol. The zero-order valence-electron chi connectivity index (χ0n) is 41.5. The van der Waals surface area contributed by atoms with Crippen LogP contribution < -0.4 is 46.5 Å². The first-order chi connectivity index (χ1) is 35.9. The molecule has 76 heavy (non-hydrogen) atoms. The molecule has 6 N–H and O–H groups in total. The number of hydrogen-bond acceptors (Lipinski definition) is 17. The van der Waals surface area contributed by atoms with Crippen molar-refractivity contribution in [1.29, 1.82) is 0 Å². The highest BCUT2D eigenvalue weighted by atomic mass is 33.1. The number of amides is 1. The zero-order valence-corrected chi connectivity index (χ0v) is 45.8. The van der Waals surface area contributed by atoms with Crippen LogP contribution in [0.4, 0.5) is 5.69 Å². The zero-order chi connectivity index (χ0) is 54.1. The van der Waals surface area contributed by atoms with E-state index in [1.165, 1.54) is 62.9 Å². The summed E-state index contributed by atoms with van der Waals surface area (Å²) in [5.74, 6) is -0.456. The number of carbonyl (C=O) groups is 2. The number of aromatic amines is 1. The van der Waals surface area contributed by atoms with Crippen LogP contribution in [0.2, 0.25) is 0 Å². The Balaban J connectivity index is 0.852. The molecule has 10 rings (SSSR count). The monoisotopic (exact) mass is 1150 g/mol. The van der Waals surface area contributed by atoms with E-state index in [2.05, 4.69) is 40.5 Å². The SMILES string of the molecule is Cc1cn([C@H]2CC(OCSSC(C)(C)CNC(=O)c3ccc(C4=c5cc6c7c(c5Oc5c4cc4c8c5CCCN8CCC4)CCC[N+]=7CCC6)c(C(=O)[O-])c3)[C@@H](COP(=O)(O)OP(=O)(O)OP(=O)(O)O)O2)c(=O)[nH]c1=O. The van der Waals surface area contributed by atoms with Gasteiger partial charge in [-0.3, -0.25) is 23.7 Å². The topological polar surface area (TPSA) is 318 Å². The van der Waals surface area contributed by atoms with E-state index >= 15 is 0 Å². The van der Waals surface area contributed by atoms with Crippen LogP contribution in [0.3, 0.4) is 0 Å². The summed E-state index contributed by atoms with van der Waals surface area (Å²) in [5.41, 5.74) is 6.74. The first kappa shape index (κ1) is 54.9. The van der Waals surface area contributed by atoms with Crippen molar-refractivity contribution in [2.75, 3.05) is 50.2 Å². The van der Waals surface area contributed by atoms with Gasteiger partial charge in [0, 0.05) is 99.7 Å². The number of aromatic carboxylic acids is 1. The van der Waals surface area contributed by atoms with Crippen LogP contribution in [0.15, 0.2) is 46.1 Å². The Morgan fingerprint density at radius 1 is 0.921 bits per heavy atom. The summed E-state index contributed by atoms with van der Waals surface area (Å²) in [6.07, 6.45) is 5.30. The molecular formula is C48H56N5O18P3S2. The molecule has 1 aromatic heterocycles. The Hall–Kier alpha value is -4.42. The lowest BCUT2D eigenvalue weighted by atomic mass is 9.81. The number of ether oxygens (including phenoxy) is 3. The maximum absolute atomic E-state index is 13.9. The van der Waals surface area contributed by atoms with Gasteiger partial charge in [0.15, 0.2) is 0 Å². The standard InChI is InChI=1S/C48H56N5O18P3S2/c1-26-22-53(47(58)50-44(26)54)38-21-36(37(68-38)23-67-73(62,63)71-74(64,65)70-72(59,60)61)66-25-75-76-48(2,3)24-49-45(55)29-12-13-30(33(20-29)46(56)57)39-34-18-27-8-4-14-51-16-6-10-31(40(27)51)42(34)69-43-32-11-7-17-52-15-5-9-28(41(32)52)19-35(39)43/h12-13,18-20,22,36-38H,4-11,14-17,21,23-25H2,1-3H3,(H6-,49,50,54,55,56,57,58,59,60,61,62,63,64,65)/t36?,37-,38-/m1/s1. The van der Waals surface area contributed by atoms with Crippen LogP contribution in [-0.2, 0) is 62.0 Å². The van der Waals surface area contributed by atoms with Crippen LogP contribution in [-0.4, -0.2) is 103 Å². The fraction of sp³-hybridized carbons (Fsp3) is 0.479. The van der Waals surface area contributed by atoms with Crippen LogP contribution in [0, 0.1) is 6.92 Å². The van der Waals surface area contributed by atoms with Gasteiger partial charge in [-0.15, -0.1) is 0 Å². The summed E-state index contributed by atoms with van der Waals surface area (Å²) in [6, 6.07) is 9.10. The second-order valence-corrected chi connectivity index (χ2v) is 27.5. The summed E-state index contributed by atoms with van der Waals surface area (Å²) in [6.45, 7) is 8.34. The number of phosphoric acid groups is 3. The molecule has 0 aliphatic carbocycles. The number of nitrogens with zero attached hydrogens (tertiary/aromatic N) is 3. The van der Waals surface area contributed by atoms with Gasteiger partial charge in [0.1, 0.15) is 42.9 Å². The van der Waals surface area contributed by atoms with Crippen molar-refractivity contribution >= 4 is 68.2 Å². The van der Waals surface area contributed by atoms with Gasteiger partial charge in [-0.1, -0.05) is 27.7 Å². The van der Waals surface area contributed by atoms with Crippen molar-refractivity contribution < 1.29 is 75.3 Å². The number of carboxylic acid groups (broad SMARTS) is 1. The minimum atomic E-state index is -5.82. The molecule has 0 saturated carbocycles. The Morgan fingerprint density at radius 2 is 1.64 bits per heavy atom. The van der Waals surface area contributed by atoms with Crippen LogP contribution in [0.25, 0.3) is 5.57 Å². The number of aromatic nitrogens is 2. The number of carbonyl (C=O) groups excluding carboxylic acids is 2. The van der Waals surface area contributed by atoms with E-state index in [9.17, 15) is 47.8 Å². The van der Waals surface area contributed by atoms with Crippen molar-refractivity contribution in [2.45, 2.75) is 102 Å². The number of hydrogen-bond donors (Lipinski definition) is 6. The molecule has 0 bridgehead atoms. The van der Waals surface area contributed by atoms with Crippen molar-refractivity contribution in [2.24, 2.45) is 0 Å². The molecule has 6 aliphatic heterocycles. The maximum Gasteiger partial charge on any atom is 0.490 e. The van der Waals surface area contributed by atoms with Gasteiger partial charge in [0.05, 0.1) is 24.2 Å². The lowest BCUT2D eigenvalue weighted by Gasteiger charge is -2.39.